The van der Waals surface area contributed by atoms with Crippen molar-refractivity contribution in [2.45, 2.75) is 59.6 Å². The molecule has 0 saturated heterocycles. The van der Waals surface area contributed by atoms with Gasteiger partial charge in [0.05, 0.1) is 6.26 Å². The molecule has 0 bridgehead atoms. The van der Waals surface area contributed by atoms with E-state index >= 15 is 0 Å². The number of unbranched alkanes of at least 4 members (excludes halogenated alkanes) is 1. The van der Waals surface area contributed by atoms with Gasteiger partial charge in [-0.05, 0) is 24.9 Å². The molecule has 0 spiro atoms. The fourth-order valence-corrected chi connectivity index (χ4v) is 2.13. The third-order valence-electron chi connectivity index (χ3n) is 3.53. The predicted octanol–water partition coefficient (Wildman–Crippen LogP) is 4.12. The first-order chi connectivity index (χ1) is 9.31. The molecule has 0 amide bonds. The van der Waals surface area contributed by atoms with E-state index in [1.807, 2.05) is 6.07 Å². The number of nitrogens with one attached hydrogen (secondary N) is 1. The third kappa shape index (κ3) is 6.26. The summed E-state index contributed by atoms with van der Waals surface area (Å²) < 4.78 is 11.3. The molecule has 0 aliphatic heterocycles. The van der Waals surface area contributed by atoms with Crippen LogP contribution in [0.15, 0.2) is 16.7 Å². The Morgan fingerprint density at radius 2 is 2.16 bits per heavy atom. The van der Waals surface area contributed by atoms with Crippen molar-refractivity contribution in [1.29, 1.82) is 0 Å². The first-order valence-electron chi connectivity index (χ1n) is 7.65. The maximum Gasteiger partial charge on any atom is 0.133 e. The van der Waals surface area contributed by atoms with E-state index in [1.54, 1.807) is 6.26 Å². The molecule has 0 radical (unpaired) electrons. The van der Waals surface area contributed by atoms with Gasteiger partial charge in [-0.2, -0.15) is 0 Å². The van der Waals surface area contributed by atoms with E-state index in [2.05, 4.69) is 26.1 Å². The molecule has 1 aromatic rings. The van der Waals surface area contributed by atoms with E-state index in [1.165, 1.54) is 31.2 Å². The zero-order valence-corrected chi connectivity index (χ0v) is 12.7. The lowest BCUT2D eigenvalue weighted by atomic mass is 10.0. The Bertz CT molecular complexity index is 322. The molecule has 0 aliphatic carbocycles. The van der Waals surface area contributed by atoms with Crippen LogP contribution in [0.2, 0.25) is 0 Å². The molecule has 3 heteroatoms. The predicted molar refractivity (Wildman–Crippen MR) is 79.1 cm³/mol. The van der Waals surface area contributed by atoms with Gasteiger partial charge in [0.15, 0.2) is 0 Å². The van der Waals surface area contributed by atoms with Crippen LogP contribution in [-0.4, -0.2) is 13.2 Å². The molecular weight excluding hydrogens is 238 g/mol. The van der Waals surface area contributed by atoms with Crippen LogP contribution in [0.3, 0.4) is 0 Å². The van der Waals surface area contributed by atoms with Crippen LogP contribution in [-0.2, 0) is 17.9 Å². The molecule has 1 rings (SSSR count). The zero-order chi connectivity index (χ0) is 13.9. The second kappa shape index (κ2) is 10.0. The Morgan fingerprint density at radius 3 is 2.84 bits per heavy atom. The van der Waals surface area contributed by atoms with Crippen LogP contribution in [0.4, 0.5) is 0 Å². The summed E-state index contributed by atoms with van der Waals surface area (Å²) in [5.41, 5.74) is 1.21. The van der Waals surface area contributed by atoms with Crippen LogP contribution >= 0.6 is 0 Å². The largest absolute Gasteiger partial charge is 0.467 e. The molecule has 1 atom stereocenters. The molecule has 0 aliphatic rings. The summed E-state index contributed by atoms with van der Waals surface area (Å²) >= 11 is 0. The second-order valence-corrected chi connectivity index (χ2v) is 5.08. The van der Waals surface area contributed by atoms with Gasteiger partial charge in [0.1, 0.15) is 12.4 Å². The van der Waals surface area contributed by atoms with Gasteiger partial charge in [0.25, 0.3) is 0 Å². The molecule has 1 aromatic heterocycles. The summed E-state index contributed by atoms with van der Waals surface area (Å²) in [4.78, 5) is 0. The lowest BCUT2D eigenvalue weighted by Gasteiger charge is -2.14. The second-order valence-electron chi connectivity index (χ2n) is 5.08. The molecule has 1 heterocycles. The van der Waals surface area contributed by atoms with Crippen molar-refractivity contribution in [1.82, 2.24) is 5.32 Å². The van der Waals surface area contributed by atoms with Gasteiger partial charge in [-0.25, -0.2) is 0 Å². The molecule has 0 fully saturated rings. The van der Waals surface area contributed by atoms with Crippen LogP contribution in [0.25, 0.3) is 0 Å². The van der Waals surface area contributed by atoms with Crippen LogP contribution in [0, 0.1) is 5.92 Å². The fourth-order valence-electron chi connectivity index (χ4n) is 2.13. The Morgan fingerprint density at radius 1 is 1.32 bits per heavy atom. The highest BCUT2D eigenvalue weighted by molar-refractivity contribution is 5.15. The van der Waals surface area contributed by atoms with Crippen molar-refractivity contribution in [2.24, 2.45) is 5.92 Å². The van der Waals surface area contributed by atoms with Gasteiger partial charge in [-0.3, -0.25) is 0 Å². The summed E-state index contributed by atoms with van der Waals surface area (Å²) in [6.45, 7) is 9.86. The van der Waals surface area contributed by atoms with E-state index in [9.17, 15) is 0 Å². The van der Waals surface area contributed by atoms with E-state index in [0.29, 0.717) is 12.5 Å². The van der Waals surface area contributed by atoms with Gasteiger partial charge >= 0.3 is 0 Å². The lowest BCUT2D eigenvalue weighted by Crippen LogP contribution is -2.13. The van der Waals surface area contributed by atoms with E-state index in [0.717, 1.165) is 25.5 Å². The Kier molecular flexibility index (Phi) is 8.59. The van der Waals surface area contributed by atoms with E-state index in [4.69, 9.17) is 9.15 Å². The monoisotopic (exact) mass is 267 g/mol. The molecule has 0 aromatic carbocycles. The molecular formula is C16H29NO2. The summed E-state index contributed by atoms with van der Waals surface area (Å²) in [6.07, 6.45) is 6.79. The average molecular weight is 267 g/mol. The van der Waals surface area contributed by atoms with Crippen molar-refractivity contribution < 1.29 is 9.15 Å². The molecule has 1 unspecified atom stereocenters. The van der Waals surface area contributed by atoms with Gasteiger partial charge in [-0.1, -0.05) is 40.0 Å². The molecule has 0 saturated carbocycles. The molecule has 3 nitrogen and oxygen atoms in total. The Balaban J connectivity index is 2.29. The van der Waals surface area contributed by atoms with Crippen molar-refractivity contribution in [2.75, 3.05) is 13.2 Å². The highest BCUT2D eigenvalue weighted by Crippen LogP contribution is 2.16. The highest BCUT2D eigenvalue weighted by Gasteiger charge is 2.09. The van der Waals surface area contributed by atoms with E-state index in [-0.39, 0.29) is 0 Å². The topological polar surface area (TPSA) is 34.4 Å². The van der Waals surface area contributed by atoms with Crippen molar-refractivity contribution in [3.8, 4) is 0 Å². The minimum Gasteiger partial charge on any atom is -0.467 e. The van der Waals surface area contributed by atoms with Crippen LogP contribution in [0.5, 0.6) is 0 Å². The van der Waals surface area contributed by atoms with Crippen molar-refractivity contribution >= 4 is 0 Å². The maximum absolute atomic E-state index is 5.83. The average Bonchev–Trinajstić information content (AvgIpc) is 2.87. The number of ether oxygens (including phenoxy) is 1. The zero-order valence-electron chi connectivity index (χ0n) is 12.7. The number of rotatable bonds is 11. The first kappa shape index (κ1) is 16.3. The summed E-state index contributed by atoms with van der Waals surface area (Å²) in [5, 5.41) is 3.31. The number of hydrogen-bond donors (Lipinski definition) is 1. The third-order valence-corrected chi connectivity index (χ3v) is 3.53. The van der Waals surface area contributed by atoms with Gasteiger partial charge in [-0.15, -0.1) is 0 Å². The van der Waals surface area contributed by atoms with Crippen molar-refractivity contribution in [3.05, 3.63) is 23.7 Å². The first-order valence-corrected chi connectivity index (χ1v) is 7.65. The van der Waals surface area contributed by atoms with E-state index < -0.39 is 0 Å². The molecule has 110 valence electrons. The van der Waals surface area contributed by atoms with Crippen LogP contribution in [0.1, 0.15) is 57.8 Å². The normalized spacial score (nSPS) is 12.8. The van der Waals surface area contributed by atoms with Gasteiger partial charge < -0.3 is 14.5 Å². The fraction of sp³-hybridized carbons (Fsp3) is 0.750. The standard InChI is InChI=1S/C16H29NO2/c1-4-7-8-14(5-2)12-18-13-16-15(9-10-19-16)11-17-6-3/h9-10,14,17H,4-8,11-13H2,1-3H3. The minimum absolute atomic E-state index is 0.594. The molecule has 19 heavy (non-hydrogen) atoms. The van der Waals surface area contributed by atoms with Gasteiger partial charge in [0.2, 0.25) is 0 Å². The number of furan rings is 1. The Hall–Kier alpha value is -0.800. The lowest BCUT2D eigenvalue weighted by molar-refractivity contribution is 0.0703. The number of hydrogen-bond acceptors (Lipinski definition) is 3. The van der Waals surface area contributed by atoms with Gasteiger partial charge in [0, 0.05) is 18.7 Å². The molecule has 1 N–H and O–H groups in total. The summed E-state index contributed by atoms with van der Waals surface area (Å²) in [7, 11) is 0. The minimum atomic E-state index is 0.594. The maximum atomic E-state index is 5.83. The summed E-state index contributed by atoms with van der Waals surface area (Å²) in [6, 6.07) is 2.02. The summed E-state index contributed by atoms with van der Waals surface area (Å²) in [5.74, 6) is 1.65. The van der Waals surface area contributed by atoms with Crippen LogP contribution < -0.4 is 5.32 Å². The SMILES string of the molecule is CCCCC(CC)COCc1occc1CNCC. The quantitative estimate of drug-likeness (QED) is 0.655. The highest BCUT2D eigenvalue weighted by atomic mass is 16.5. The van der Waals surface area contributed by atoms with Crippen molar-refractivity contribution in [3.63, 3.8) is 0 Å². The smallest absolute Gasteiger partial charge is 0.133 e. The Labute approximate surface area is 117 Å².